The minimum Gasteiger partial charge on any atom is -0.385 e. The van der Waals surface area contributed by atoms with E-state index in [0.29, 0.717) is 5.92 Å². The van der Waals surface area contributed by atoms with Gasteiger partial charge in [-0.2, -0.15) is 0 Å². The molecule has 1 aromatic rings. The average Bonchev–Trinajstić information content (AvgIpc) is 2.77. The summed E-state index contributed by atoms with van der Waals surface area (Å²) in [5.74, 6) is 0.519. The van der Waals surface area contributed by atoms with Crippen LogP contribution in [0, 0.1) is 12.8 Å². The highest BCUT2D eigenvalue weighted by Gasteiger charge is 2.31. The molecule has 96 valence electrons. The Kier molecular flexibility index (Phi) is 4.60. The smallest absolute Gasteiger partial charge is 0.115 e. The van der Waals surface area contributed by atoms with E-state index in [4.69, 9.17) is 4.74 Å². The van der Waals surface area contributed by atoms with Gasteiger partial charge in [0.15, 0.2) is 0 Å². The molecule has 0 amide bonds. The van der Waals surface area contributed by atoms with Gasteiger partial charge in [0.25, 0.3) is 0 Å². The maximum Gasteiger partial charge on any atom is 0.115 e. The molecule has 3 heteroatoms. The zero-order valence-corrected chi connectivity index (χ0v) is 11.5. The van der Waals surface area contributed by atoms with Crippen molar-refractivity contribution in [3.8, 4) is 0 Å². The van der Waals surface area contributed by atoms with E-state index < -0.39 is 6.10 Å². The number of aliphatic hydroxyl groups is 1. The summed E-state index contributed by atoms with van der Waals surface area (Å²) < 4.78 is 5.59. The summed E-state index contributed by atoms with van der Waals surface area (Å²) in [6.45, 7) is 2.06. The molecule has 2 nitrogen and oxygen atoms in total. The molecule has 1 aliphatic carbocycles. The third kappa shape index (κ3) is 2.90. The van der Waals surface area contributed by atoms with Gasteiger partial charge in [-0.15, -0.1) is 11.3 Å². The van der Waals surface area contributed by atoms with Crippen molar-refractivity contribution in [2.75, 3.05) is 7.11 Å². The number of thiophene rings is 1. The van der Waals surface area contributed by atoms with Crippen LogP contribution in [0.15, 0.2) is 11.4 Å². The van der Waals surface area contributed by atoms with Gasteiger partial charge in [-0.05, 0) is 42.7 Å². The summed E-state index contributed by atoms with van der Waals surface area (Å²) in [6.07, 6.45) is 5.79. The first-order valence-corrected chi connectivity index (χ1v) is 7.37. The molecule has 0 spiro atoms. The fraction of sp³-hybridized carbons (Fsp3) is 0.714. The van der Waals surface area contributed by atoms with Gasteiger partial charge in [0, 0.05) is 12.0 Å². The Hall–Kier alpha value is -0.380. The summed E-state index contributed by atoms with van der Waals surface area (Å²) in [4.78, 5) is 1.07. The highest BCUT2D eigenvalue weighted by atomic mass is 32.1. The van der Waals surface area contributed by atoms with Gasteiger partial charge in [-0.1, -0.05) is 19.3 Å². The van der Waals surface area contributed by atoms with Crippen LogP contribution in [0.1, 0.15) is 48.6 Å². The SMILES string of the molecule is COC(C1CCCCC1)C(O)c1sccc1C. The lowest BCUT2D eigenvalue weighted by Gasteiger charge is -2.32. The summed E-state index contributed by atoms with van der Waals surface area (Å²) in [5, 5.41) is 12.5. The third-order valence-corrected chi connectivity index (χ3v) is 4.96. The number of hydrogen-bond acceptors (Lipinski definition) is 3. The molecule has 2 rings (SSSR count). The Bertz CT molecular complexity index is 342. The van der Waals surface area contributed by atoms with Crippen LogP contribution in [-0.2, 0) is 4.74 Å². The summed E-state index contributed by atoms with van der Waals surface area (Å²) in [6, 6.07) is 2.07. The maximum absolute atomic E-state index is 10.5. The molecule has 0 aromatic carbocycles. The first-order chi connectivity index (χ1) is 8.24. The lowest BCUT2D eigenvalue weighted by Crippen LogP contribution is -2.31. The molecule has 1 heterocycles. The third-order valence-electron chi connectivity index (χ3n) is 3.87. The van der Waals surface area contributed by atoms with E-state index in [1.165, 1.54) is 37.7 Å². The topological polar surface area (TPSA) is 29.5 Å². The number of ether oxygens (including phenoxy) is 1. The quantitative estimate of drug-likeness (QED) is 0.888. The molecule has 1 aliphatic rings. The van der Waals surface area contributed by atoms with Crippen LogP contribution in [0.2, 0.25) is 0 Å². The van der Waals surface area contributed by atoms with E-state index in [0.717, 1.165) is 4.88 Å². The number of methoxy groups -OCH3 is 1. The van der Waals surface area contributed by atoms with Crippen molar-refractivity contribution >= 4 is 11.3 Å². The zero-order chi connectivity index (χ0) is 12.3. The standard InChI is InChI=1S/C14H22O2S/c1-10-8-9-17-14(10)12(15)13(16-2)11-6-4-3-5-7-11/h8-9,11-13,15H,3-7H2,1-2H3. The van der Waals surface area contributed by atoms with Crippen LogP contribution in [0.5, 0.6) is 0 Å². The van der Waals surface area contributed by atoms with E-state index in [-0.39, 0.29) is 6.10 Å². The van der Waals surface area contributed by atoms with Crippen molar-refractivity contribution in [2.24, 2.45) is 5.92 Å². The molecule has 0 aliphatic heterocycles. The maximum atomic E-state index is 10.5. The summed E-state index contributed by atoms with van der Waals surface area (Å²) in [5.41, 5.74) is 1.18. The number of aliphatic hydroxyl groups excluding tert-OH is 1. The Morgan fingerprint density at radius 1 is 1.35 bits per heavy atom. The first kappa shape index (κ1) is 13.1. The molecule has 1 fully saturated rings. The van der Waals surface area contributed by atoms with Gasteiger partial charge in [0.2, 0.25) is 0 Å². The lowest BCUT2D eigenvalue weighted by atomic mass is 9.82. The molecule has 0 bridgehead atoms. The van der Waals surface area contributed by atoms with Gasteiger partial charge >= 0.3 is 0 Å². The van der Waals surface area contributed by atoms with Crippen molar-refractivity contribution < 1.29 is 9.84 Å². The second-order valence-electron chi connectivity index (χ2n) is 5.01. The van der Waals surface area contributed by atoms with Crippen molar-refractivity contribution in [1.82, 2.24) is 0 Å². The summed E-state index contributed by atoms with van der Waals surface area (Å²) in [7, 11) is 1.73. The number of hydrogen-bond donors (Lipinski definition) is 1. The van der Waals surface area contributed by atoms with Crippen LogP contribution < -0.4 is 0 Å². The van der Waals surface area contributed by atoms with Crippen molar-refractivity contribution in [3.63, 3.8) is 0 Å². The highest BCUT2D eigenvalue weighted by molar-refractivity contribution is 7.10. The Morgan fingerprint density at radius 2 is 2.06 bits per heavy atom. The van der Waals surface area contributed by atoms with Gasteiger partial charge < -0.3 is 9.84 Å². The fourth-order valence-electron chi connectivity index (χ4n) is 2.88. The summed E-state index contributed by atoms with van der Waals surface area (Å²) >= 11 is 1.64. The predicted molar refractivity (Wildman–Crippen MR) is 71.4 cm³/mol. The second kappa shape index (κ2) is 5.98. The predicted octanol–water partition coefficient (Wildman–Crippen LogP) is 3.69. The minimum atomic E-state index is -0.455. The molecule has 2 unspecified atom stereocenters. The minimum absolute atomic E-state index is 0.0346. The molecule has 1 saturated carbocycles. The van der Waals surface area contributed by atoms with E-state index in [1.807, 2.05) is 5.38 Å². The molecule has 0 radical (unpaired) electrons. The fourth-order valence-corrected chi connectivity index (χ4v) is 3.82. The molecule has 17 heavy (non-hydrogen) atoms. The van der Waals surface area contributed by atoms with Crippen molar-refractivity contribution in [3.05, 3.63) is 21.9 Å². The molecule has 2 atom stereocenters. The lowest BCUT2D eigenvalue weighted by molar-refractivity contribution is -0.0546. The van der Waals surface area contributed by atoms with E-state index in [1.54, 1.807) is 18.4 Å². The normalized spacial score (nSPS) is 21.4. The monoisotopic (exact) mass is 254 g/mol. The van der Waals surface area contributed by atoms with Gasteiger partial charge in [0.1, 0.15) is 6.10 Å². The molecule has 1 aromatic heterocycles. The van der Waals surface area contributed by atoms with Crippen LogP contribution in [0.4, 0.5) is 0 Å². The van der Waals surface area contributed by atoms with E-state index >= 15 is 0 Å². The molecular weight excluding hydrogens is 232 g/mol. The average molecular weight is 254 g/mol. The largest absolute Gasteiger partial charge is 0.385 e. The molecule has 0 saturated heterocycles. The highest BCUT2D eigenvalue weighted by Crippen LogP contribution is 2.36. The van der Waals surface area contributed by atoms with Gasteiger partial charge in [-0.25, -0.2) is 0 Å². The molecular formula is C14H22O2S. The van der Waals surface area contributed by atoms with Crippen LogP contribution in [-0.4, -0.2) is 18.3 Å². The number of aryl methyl sites for hydroxylation is 1. The number of rotatable bonds is 4. The van der Waals surface area contributed by atoms with Crippen LogP contribution in [0.25, 0.3) is 0 Å². The first-order valence-electron chi connectivity index (χ1n) is 6.49. The van der Waals surface area contributed by atoms with E-state index in [2.05, 4.69) is 13.0 Å². The van der Waals surface area contributed by atoms with Gasteiger partial charge in [-0.3, -0.25) is 0 Å². The van der Waals surface area contributed by atoms with E-state index in [9.17, 15) is 5.11 Å². The zero-order valence-electron chi connectivity index (χ0n) is 10.7. The van der Waals surface area contributed by atoms with Crippen LogP contribution in [0.3, 0.4) is 0 Å². The van der Waals surface area contributed by atoms with Crippen molar-refractivity contribution in [2.45, 2.75) is 51.2 Å². The van der Waals surface area contributed by atoms with Gasteiger partial charge in [0.05, 0.1) is 6.10 Å². The Morgan fingerprint density at radius 3 is 2.59 bits per heavy atom. The Balaban J connectivity index is 2.09. The Labute approximate surface area is 108 Å². The van der Waals surface area contributed by atoms with Crippen LogP contribution >= 0.6 is 11.3 Å². The molecule has 1 N–H and O–H groups in total. The van der Waals surface area contributed by atoms with Crippen molar-refractivity contribution in [1.29, 1.82) is 0 Å². The second-order valence-corrected chi connectivity index (χ2v) is 5.96.